The number of benzene rings is 1. The van der Waals surface area contributed by atoms with Gasteiger partial charge in [0.05, 0.1) is 5.71 Å². The van der Waals surface area contributed by atoms with Gasteiger partial charge in [-0.1, -0.05) is 47.3 Å². The van der Waals surface area contributed by atoms with Crippen LogP contribution >= 0.6 is 28.1 Å². The molecule has 1 fully saturated rings. The number of halogens is 1. The van der Waals surface area contributed by atoms with Gasteiger partial charge >= 0.3 is 0 Å². The molecule has 5 heteroatoms. The molecule has 0 atom stereocenters. The van der Waals surface area contributed by atoms with E-state index in [1.165, 1.54) is 32.1 Å². The Kier molecular flexibility index (Phi) is 5.98. The molecule has 0 bridgehead atoms. The van der Waals surface area contributed by atoms with E-state index >= 15 is 0 Å². The molecule has 20 heavy (non-hydrogen) atoms. The van der Waals surface area contributed by atoms with E-state index in [4.69, 9.17) is 12.2 Å². The fourth-order valence-electron chi connectivity index (χ4n) is 2.38. The van der Waals surface area contributed by atoms with Crippen molar-refractivity contribution in [2.24, 2.45) is 5.10 Å². The molecule has 1 aromatic rings. The van der Waals surface area contributed by atoms with Gasteiger partial charge in [0, 0.05) is 10.5 Å². The molecule has 3 nitrogen and oxygen atoms in total. The fraction of sp³-hybridized carbons (Fsp3) is 0.467. The second kappa shape index (κ2) is 7.74. The van der Waals surface area contributed by atoms with E-state index in [1.54, 1.807) is 0 Å². The summed E-state index contributed by atoms with van der Waals surface area (Å²) in [5.74, 6) is 0. The van der Waals surface area contributed by atoms with E-state index in [0.717, 1.165) is 15.7 Å². The number of rotatable bonds is 3. The molecule has 2 N–H and O–H groups in total. The topological polar surface area (TPSA) is 36.4 Å². The lowest BCUT2D eigenvalue weighted by Gasteiger charge is -2.23. The van der Waals surface area contributed by atoms with E-state index in [2.05, 4.69) is 31.8 Å². The normalized spacial score (nSPS) is 16.8. The monoisotopic (exact) mass is 353 g/mol. The third-order valence-corrected chi connectivity index (χ3v) is 4.21. The summed E-state index contributed by atoms with van der Waals surface area (Å²) in [5, 5.41) is 8.30. The van der Waals surface area contributed by atoms with Crippen LogP contribution in [0.3, 0.4) is 0 Å². The van der Waals surface area contributed by atoms with Crippen LogP contribution in [0.5, 0.6) is 0 Å². The number of nitrogens with one attached hydrogen (secondary N) is 2. The Morgan fingerprint density at radius 3 is 2.75 bits per heavy atom. The summed E-state index contributed by atoms with van der Waals surface area (Å²) in [4.78, 5) is 0. The van der Waals surface area contributed by atoms with Crippen LogP contribution in [0, 0.1) is 0 Å². The van der Waals surface area contributed by atoms with Crippen molar-refractivity contribution in [2.45, 2.75) is 45.1 Å². The second-order valence-electron chi connectivity index (χ2n) is 5.13. The Hall–Kier alpha value is -0.940. The van der Waals surface area contributed by atoms with E-state index in [9.17, 15) is 0 Å². The van der Waals surface area contributed by atoms with Crippen LogP contribution in [0.4, 0.5) is 0 Å². The Morgan fingerprint density at radius 2 is 2.05 bits per heavy atom. The lowest BCUT2D eigenvalue weighted by atomic mass is 9.96. The first-order chi connectivity index (χ1) is 9.65. The zero-order valence-electron chi connectivity index (χ0n) is 11.7. The van der Waals surface area contributed by atoms with Crippen LogP contribution in [0.1, 0.15) is 44.6 Å². The molecule has 0 unspecified atom stereocenters. The summed E-state index contributed by atoms with van der Waals surface area (Å²) in [6.07, 6.45) is 6.34. The number of hydrogen-bond acceptors (Lipinski definition) is 2. The van der Waals surface area contributed by atoms with Crippen molar-refractivity contribution >= 4 is 39.0 Å². The highest BCUT2D eigenvalue weighted by molar-refractivity contribution is 9.10. The van der Waals surface area contributed by atoms with Crippen LogP contribution in [0.25, 0.3) is 0 Å². The van der Waals surface area contributed by atoms with Gasteiger partial charge in [-0.05, 0) is 49.7 Å². The zero-order chi connectivity index (χ0) is 14.4. The molecule has 2 rings (SSSR count). The molecule has 1 aliphatic carbocycles. The van der Waals surface area contributed by atoms with Gasteiger partial charge < -0.3 is 5.32 Å². The molecule has 0 heterocycles. The van der Waals surface area contributed by atoms with Crippen molar-refractivity contribution in [3.05, 3.63) is 34.3 Å². The van der Waals surface area contributed by atoms with Gasteiger partial charge in [0.25, 0.3) is 0 Å². The van der Waals surface area contributed by atoms with Crippen molar-refractivity contribution in [1.29, 1.82) is 0 Å². The van der Waals surface area contributed by atoms with Gasteiger partial charge in [0.15, 0.2) is 5.11 Å². The van der Waals surface area contributed by atoms with Gasteiger partial charge in [0.1, 0.15) is 0 Å². The van der Waals surface area contributed by atoms with E-state index < -0.39 is 0 Å². The predicted molar refractivity (Wildman–Crippen MR) is 92.1 cm³/mol. The van der Waals surface area contributed by atoms with Gasteiger partial charge in [-0.2, -0.15) is 5.10 Å². The average Bonchev–Trinajstić information content (AvgIpc) is 2.46. The number of nitrogens with zero attached hydrogens (tertiary/aromatic N) is 1. The molecule has 1 saturated carbocycles. The van der Waals surface area contributed by atoms with Crippen molar-refractivity contribution in [1.82, 2.24) is 10.7 Å². The van der Waals surface area contributed by atoms with Crippen LogP contribution in [-0.2, 0) is 0 Å². The molecule has 0 aromatic heterocycles. The molecule has 0 saturated heterocycles. The average molecular weight is 354 g/mol. The first-order valence-electron chi connectivity index (χ1n) is 7.02. The van der Waals surface area contributed by atoms with Crippen LogP contribution in [0.2, 0.25) is 0 Å². The summed E-state index contributed by atoms with van der Waals surface area (Å²) in [7, 11) is 0. The Balaban J connectivity index is 1.86. The summed E-state index contributed by atoms with van der Waals surface area (Å²) in [6.45, 7) is 1.97. The van der Waals surface area contributed by atoms with Gasteiger partial charge in [-0.25, -0.2) is 0 Å². The Labute approximate surface area is 134 Å². The maximum absolute atomic E-state index is 5.29. The third kappa shape index (κ3) is 4.87. The van der Waals surface area contributed by atoms with E-state index in [1.807, 2.05) is 31.2 Å². The molecule has 0 aliphatic heterocycles. The maximum Gasteiger partial charge on any atom is 0.187 e. The highest BCUT2D eigenvalue weighted by Crippen LogP contribution is 2.17. The lowest BCUT2D eigenvalue weighted by Crippen LogP contribution is -2.41. The first-order valence-corrected chi connectivity index (χ1v) is 8.22. The van der Waals surface area contributed by atoms with Crippen LogP contribution < -0.4 is 10.7 Å². The summed E-state index contributed by atoms with van der Waals surface area (Å²) >= 11 is 8.75. The highest BCUT2D eigenvalue weighted by atomic mass is 79.9. The van der Waals surface area contributed by atoms with Crippen molar-refractivity contribution in [3.63, 3.8) is 0 Å². The molecule has 0 amide bonds. The highest BCUT2D eigenvalue weighted by Gasteiger charge is 2.13. The van der Waals surface area contributed by atoms with Crippen LogP contribution in [0.15, 0.2) is 33.8 Å². The number of hydrazone groups is 1. The van der Waals surface area contributed by atoms with E-state index in [0.29, 0.717) is 11.2 Å². The van der Waals surface area contributed by atoms with Crippen molar-refractivity contribution in [2.75, 3.05) is 0 Å². The fourth-order valence-corrected chi connectivity index (χ4v) is 2.99. The summed E-state index contributed by atoms with van der Waals surface area (Å²) < 4.78 is 1.05. The number of hydrogen-bond donors (Lipinski definition) is 2. The molecule has 108 valence electrons. The van der Waals surface area contributed by atoms with Gasteiger partial charge in [-0.15, -0.1) is 0 Å². The minimum absolute atomic E-state index is 0.505. The summed E-state index contributed by atoms with van der Waals surface area (Å²) in [5.41, 5.74) is 4.93. The first kappa shape index (κ1) is 15.4. The molecule has 0 radical (unpaired) electrons. The molecular formula is C15H20BrN3S. The number of thiocarbonyl (C=S) groups is 1. The second-order valence-corrected chi connectivity index (χ2v) is 6.45. The largest absolute Gasteiger partial charge is 0.359 e. The summed E-state index contributed by atoms with van der Waals surface area (Å²) in [6, 6.07) is 8.57. The Bertz CT molecular complexity index is 496. The van der Waals surface area contributed by atoms with Crippen LogP contribution in [-0.4, -0.2) is 16.9 Å². The van der Waals surface area contributed by atoms with Gasteiger partial charge in [0.2, 0.25) is 0 Å². The third-order valence-electron chi connectivity index (χ3n) is 3.51. The zero-order valence-corrected chi connectivity index (χ0v) is 14.1. The minimum atomic E-state index is 0.505. The predicted octanol–water partition coefficient (Wildman–Crippen LogP) is 3.97. The van der Waals surface area contributed by atoms with E-state index in [-0.39, 0.29) is 0 Å². The maximum atomic E-state index is 5.29. The quantitative estimate of drug-likeness (QED) is 0.490. The minimum Gasteiger partial charge on any atom is -0.359 e. The van der Waals surface area contributed by atoms with Crippen molar-refractivity contribution in [3.8, 4) is 0 Å². The Morgan fingerprint density at radius 1 is 1.30 bits per heavy atom. The van der Waals surface area contributed by atoms with Crippen molar-refractivity contribution < 1.29 is 0 Å². The molecule has 1 aliphatic rings. The SMILES string of the molecule is C/C(=N\NC(=S)NC1CCCCC1)c1cccc(Br)c1. The standard InChI is InChI=1S/C15H20BrN3S/c1-11(12-6-5-7-13(16)10-12)18-19-15(20)17-14-8-3-2-4-9-14/h5-7,10,14H,2-4,8-9H2,1H3,(H2,17,19,20)/b18-11+. The molecule has 0 spiro atoms. The molecular weight excluding hydrogens is 334 g/mol. The molecule has 1 aromatic carbocycles. The smallest absolute Gasteiger partial charge is 0.187 e. The lowest BCUT2D eigenvalue weighted by molar-refractivity contribution is 0.412. The van der Waals surface area contributed by atoms with Gasteiger partial charge in [-0.3, -0.25) is 5.43 Å².